The largest absolute Gasteiger partial charge is 0.482 e. The number of hydrogen-bond donors (Lipinski definition) is 1. The van der Waals surface area contributed by atoms with Crippen molar-refractivity contribution in [2.24, 2.45) is 0 Å². The monoisotopic (exact) mass is 478 g/mol. The minimum absolute atomic E-state index is 0.247. The molecule has 2 aromatic carbocycles. The van der Waals surface area contributed by atoms with Gasteiger partial charge in [0.1, 0.15) is 16.6 Å². The van der Waals surface area contributed by atoms with E-state index in [9.17, 15) is 35.5 Å². The second-order valence-corrected chi connectivity index (χ2v) is 7.35. The molecule has 3 rings (SSSR count). The molecule has 0 bridgehead atoms. The summed E-state index contributed by atoms with van der Waals surface area (Å²) in [6.45, 7) is -1.75. The third-order valence-electron chi connectivity index (χ3n) is 3.94. The number of anilines is 1. The normalized spacial score (nSPS) is 12.0. The Balaban J connectivity index is 1.77. The number of hydrogen-bond acceptors (Lipinski definition) is 4. The lowest BCUT2D eigenvalue weighted by atomic mass is 10.1. The fraction of sp³-hybridized carbons (Fsp3) is 0.200. The number of nitrogens with one attached hydrogen (secondary N) is 1. The summed E-state index contributed by atoms with van der Waals surface area (Å²) in [7, 11) is 0. The van der Waals surface area contributed by atoms with Gasteiger partial charge < -0.3 is 10.1 Å². The van der Waals surface area contributed by atoms with Crippen molar-refractivity contribution < 1.29 is 40.3 Å². The summed E-state index contributed by atoms with van der Waals surface area (Å²) in [5.41, 5.74) is -1.01. The van der Waals surface area contributed by atoms with Crippen LogP contribution in [0.15, 0.2) is 47.8 Å². The van der Waals surface area contributed by atoms with E-state index >= 15 is 0 Å². The smallest absolute Gasteiger partial charge is 0.422 e. The van der Waals surface area contributed by atoms with Crippen molar-refractivity contribution >= 4 is 22.9 Å². The molecule has 0 atom stereocenters. The Hall–Kier alpha value is -3.15. The highest BCUT2D eigenvalue weighted by atomic mass is 32.1. The van der Waals surface area contributed by atoms with Crippen LogP contribution in [0.5, 0.6) is 5.75 Å². The van der Waals surface area contributed by atoms with E-state index in [1.165, 1.54) is 23.6 Å². The molecule has 12 heteroatoms. The minimum Gasteiger partial charge on any atom is -0.482 e. The quantitative estimate of drug-likeness (QED) is 0.437. The first-order valence-corrected chi connectivity index (χ1v) is 9.70. The predicted molar refractivity (Wildman–Crippen MR) is 103 cm³/mol. The van der Waals surface area contributed by atoms with Gasteiger partial charge in [-0.1, -0.05) is 12.1 Å². The number of carbonyl (C=O) groups excluding carboxylic acids is 1. The highest BCUT2D eigenvalue weighted by Crippen LogP contribution is 2.36. The van der Waals surface area contributed by atoms with Crippen LogP contribution < -0.4 is 10.1 Å². The molecular formula is C20H13F7N2O2S. The first-order valence-electron chi connectivity index (χ1n) is 8.82. The average molecular weight is 478 g/mol. The van der Waals surface area contributed by atoms with Crippen molar-refractivity contribution in [3.8, 4) is 16.3 Å². The van der Waals surface area contributed by atoms with Gasteiger partial charge in [-0.15, -0.1) is 11.3 Å². The molecule has 4 nitrogen and oxygen atoms in total. The van der Waals surface area contributed by atoms with Gasteiger partial charge in [0, 0.05) is 10.9 Å². The lowest BCUT2D eigenvalue weighted by molar-refractivity contribution is -0.153. The van der Waals surface area contributed by atoms with Gasteiger partial charge in [-0.2, -0.15) is 26.3 Å². The minimum atomic E-state index is -4.78. The summed E-state index contributed by atoms with van der Waals surface area (Å²) < 4.78 is 94.1. The summed E-state index contributed by atoms with van der Waals surface area (Å²) in [5, 5.41) is 4.06. The highest BCUT2D eigenvalue weighted by Gasteiger charge is 2.33. The Labute approximate surface area is 180 Å². The third kappa shape index (κ3) is 6.42. The molecule has 0 aliphatic heterocycles. The SMILES string of the molecule is O=C(Cc1csc(-c2cccc(F)c2)n1)Nc1cc(C(F)(F)F)ccc1OCC(F)(F)F. The molecule has 0 aliphatic carbocycles. The van der Waals surface area contributed by atoms with Crippen LogP contribution in [0.4, 0.5) is 36.4 Å². The van der Waals surface area contributed by atoms with E-state index in [1.807, 2.05) is 0 Å². The number of halogens is 7. The number of aromatic nitrogens is 1. The van der Waals surface area contributed by atoms with Crippen molar-refractivity contribution in [2.75, 3.05) is 11.9 Å². The van der Waals surface area contributed by atoms with E-state index in [0.717, 1.165) is 11.3 Å². The van der Waals surface area contributed by atoms with Crippen LogP contribution in [-0.2, 0) is 17.4 Å². The van der Waals surface area contributed by atoms with Crippen LogP contribution in [0, 0.1) is 5.82 Å². The van der Waals surface area contributed by atoms with Gasteiger partial charge in [-0.25, -0.2) is 9.37 Å². The van der Waals surface area contributed by atoms with Crippen LogP contribution in [0.1, 0.15) is 11.3 Å². The number of amides is 1. The number of nitrogens with zero attached hydrogens (tertiary/aromatic N) is 1. The Morgan fingerprint density at radius 2 is 1.81 bits per heavy atom. The van der Waals surface area contributed by atoms with Crippen molar-refractivity contribution in [1.82, 2.24) is 4.98 Å². The highest BCUT2D eigenvalue weighted by molar-refractivity contribution is 7.13. The molecular weight excluding hydrogens is 465 g/mol. The van der Waals surface area contributed by atoms with E-state index in [4.69, 9.17) is 0 Å². The van der Waals surface area contributed by atoms with Crippen molar-refractivity contribution in [1.29, 1.82) is 0 Å². The zero-order valence-corrected chi connectivity index (χ0v) is 16.7. The van der Waals surface area contributed by atoms with E-state index < -0.39 is 47.7 Å². The van der Waals surface area contributed by atoms with Crippen LogP contribution in [0.25, 0.3) is 10.6 Å². The molecule has 0 aliphatic rings. The molecule has 32 heavy (non-hydrogen) atoms. The number of ether oxygens (including phenoxy) is 1. The van der Waals surface area contributed by atoms with E-state index in [1.54, 1.807) is 6.07 Å². The molecule has 0 radical (unpaired) electrons. The molecule has 0 fully saturated rings. The summed E-state index contributed by atoms with van der Waals surface area (Å²) in [6, 6.07) is 7.33. The number of rotatable bonds is 6. The lowest BCUT2D eigenvalue weighted by Gasteiger charge is -2.16. The van der Waals surface area contributed by atoms with Gasteiger partial charge in [-0.05, 0) is 30.3 Å². The van der Waals surface area contributed by atoms with Gasteiger partial charge in [0.25, 0.3) is 0 Å². The van der Waals surface area contributed by atoms with Gasteiger partial charge in [0.15, 0.2) is 6.61 Å². The number of carbonyl (C=O) groups is 1. The van der Waals surface area contributed by atoms with Gasteiger partial charge in [-0.3, -0.25) is 4.79 Å². The van der Waals surface area contributed by atoms with Crippen LogP contribution in [0.3, 0.4) is 0 Å². The molecule has 0 saturated heterocycles. The van der Waals surface area contributed by atoms with Crippen molar-refractivity contribution in [3.63, 3.8) is 0 Å². The number of alkyl halides is 6. The van der Waals surface area contributed by atoms with Crippen molar-refractivity contribution in [3.05, 3.63) is 64.9 Å². The second kappa shape index (κ2) is 9.15. The molecule has 0 unspecified atom stereocenters. The molecule has 1 N–H and O–H groups in total. The van der Waals surface area contributed by atoms with E-state index in [0.29, 0.717) is 28.8 Å². The summed E-state index contributed by atoms with van der Waals surface area (Å²) >= 11 is 1.12. The maximum absolute atomic E-state index is 13.4. The standard InChI is InChI=1S/C20H13F7N2O2S/c21-13-3-1-2-11(6-13)18-28-14(9-32-18)8-17(30)29-15-7-12(20(25,26)27)4-5-16(15)31-10-19(22,23)24/h1-7,9H,8,10H2,(H,29,30). The molecule has 3 aromatic rings. The molecule has 0 saturated carbocycles. The maximum atomic E-state index is 13.4. The van der Waals surface area contributed by atoms with Crippen molar-refractivity contribution in [2.45, 2.75) is 18.8 Å². The number of thiazole rings is 1. The molecule has 1 amide bonds. The Morgan fingerprint density at radius 3 is 2.47 bits per heavy atom. The Kier molecular flexibility index (Phi) is 6.72. The Morgan fingerprint density at radius 1 is 1.06 bits per heavy atom. The van der Waals surface area contributed by atoms with Gasteiger partial charge in [0.2, 0.25) is 5.91 Å². The molecule has 1 heterocycles. The lowest BCUT2D eigenvalue weighted by Crippen LogP contribution is -2.21. The summed E-state index contributed by atoms with van der Waals surface area (Å²) in [6.07, 6.45) is -9.88. The van der Waals surface area contributed by atoms with Crippen LogP contribution in [-0.4, -0.2) is 23.7 Å². The first-order chi connectivity index (χ1) is 14.9. The third-order valence-corrected chi connectivity index (χ3v) is 4.88. The summed E-state index contributed by atoms with van der Waals surface area (Å²) in [5.74, 6) is -1.87. The number of benzene rings is 2. The topological polar surface area (TPSA) is 51.2 Å². The average Bonchev–Trinajstić information content (AvgIpc) is 3.14. The zero-order valence-electron chi connectivity index (χ0n) is 15.9. The van der Waals surface area contributed by atoms with E-state index in [2.05, 4.69) is 15.0 Å². The summed E-state index contributed by atoms with van der Waals surface area (Å²) in [4.78, 5) is 16.5. The van der Waals surface area contributed by atoms with Gasteiger partial charge >= 0.3 is 12.4 Å². The second-order valence-electron chi connectivity index (χ2n) is 6.49. The first kappa shape index (κ1) is 23.5. The predicted octanol–water partition coefficient (Wildman–Crippen LogP) is 6.09. The van der Waals surface area contributed by atoms with Crippen LogP contribution in [0.2, 0.25) is 0 Å². The van der Waals surface area contributed by atoms with Crippen LogP contribution >= 0.6 is 11.3 Å². The molecule has 0 spiro atoms. The zero-order chi connectivity index (χ0) is 23.5. The molecule has 1 aromatic heterocycles. The Bertz CT molecular complexity index is 1110. The fourth-order valence-corrected chi connectivity index (χ4v) is 3.41. The fourth-order valence-electron chi connectivity index (χ4n) is 2.59. The van der Waals surface area contributed by atoms with E-state index in [-0.39, 0.29) is 12.1 Å². The maximum Gasteiger partial charge on any atom is 0.422 e. The molecule has 170 valence electrons. The van der Waals surface area contributed by atoms with Gasteiger partial charge in [0.05, 0.1) is 23.4 Å².